The van der Waals surface area contributed by atoms with E-state index in [1.54, 1.807) is 18.2 Å². The fourth-order valence-electron chi connectivity index (χ4n) is 6.47. The third-order valence-electron chi connectivity index (χ3n) is 8.51. The molecule has 8 nitrogen and oxygen atoms in total. The lowest BCUT2D eigenvalue weighted by atomic mass is 9.97. The maximum Gasteiger partial charge on any atom is 0.573 e. The lowest BCUT2D eigenvalue weighted by molar-refractivity contribution is -0.274. The summed E-state index contributed by atoms with van der Waals surface area (Å²) in [6.07, 6.45) is 0.684. The molecule has 2 saturated heterocycles. The molecule has 0 radical (unpaired) electrons. The second-order valence-electron chi connectivity index (χ2n) is 11.3. The monoisotopic (exact) mass is 616 g/mol. The molecule has 4 aromatic rings. The van der Waals surface area contributed by atoms with Gasteiger partial charge in [-0.25, -0.2) is 14.2 Å². The number of ether oxygens (including phenoxy) is 2. The minimum Gasteiger partial charge on any atom is -0.465 e. The van der Waals surface area contributed by atoms with Crippen LogP contribution in [0.1, 0.15) is 66.1 Å². The Morgan fingerprint density at radius 2 is 1.88 bits per heavy atom. The highest BCUT2D eigenvalue weighted by atomic mass is 32.1. The number of hydrogen-bond donors (Lipinski definition) is 1. The first kappa shape index (κ1) is 28.1. The van der Waals surface area contributed by atoms with Crippen molar-refractivity contribution in [3.8, 4) is 17.0 Å². The number of carbonyl (C=O) groups is 1. The summed E-state index contributed by atoms with van der Waals surface area (Å²) in [5.41, 5.74) is 1.76. The van der Waals surface area contributed by atoms with Gasteiger partial charge in [-0.3, -0.25) is 0 Å². The van der Waals surface area contributed by atoms with Crippen molar-refractivity contribution < 1.29 is 36.4 Å². The molecule has 1 aliphatic carbocycles. The van der Waals surface area contributed by atoms with E-state index in [0.29, 0.717) is 22.7 Å². The fourth-order valence-corrected chi connectivity index (χ4v) is 7.64. The zero-order chi connectivity index (χ0) is 29.9. The van der Waals surface area contributed by atoms with E-state index in [1.807, 2.05) is 0 Å². The maximum absolute atomic E-state index is 14.8. The minimum atomic E-state index is -4.83. The van der Waals surface area contributed by atoms with Crippen LogP contribution < -0.4 is 15.0 Å². The molecule has 43 heavy (non-hydrogen) atoms. The molecule has 2 aromatic carbocycles. The van der Waals surface area contributed by atoms with Crippen LogP contribution in [0.15, 0.2) is 40.9 Å². The second kappa shape index (κ2) is 10.8. The maximum atomic E-state index is 14.8. The zero-order valence-electron chi connectivity index (χ0n) is 23.1. The normalized spacial score (nSPS) is 21.9. The van der Waals surface area contributed by atoms with Crippen molar-refractivity contribution in [2.45, 2.75) is 75.5 Å². The number of para-hydroxylation sites is 1. The summed E-state index contributed by atoms with van der Waals surface area (Å²) < 4.78 is 69.5. The number of thiazole rings is 1. The summed E-state index contributed by atoms with van der Waals surface area (Å²) in [6.45, 7) is 0.401. The van der Waals surface area contributed by atoms with E-state index in [1.165, 1.54) is 30.6 Å². The summed E-state index contributed by atoms with van der Waals surface area (Å²) >= 11 is 1.37. The summed E-state index contributed by atoms with van der Waals surface area (Å²) in [5, 5.41) is 8.59. The number of piperidine rings is 1. The second-order valence-corrected chi connectivity index (χ2v) is 12.3. The Morgan fingerprint density at radius 3 is 2.58 bits per heavy atom. The van der Waals surface area contributed by atoms with Crippen LogP contribution in [-0.2, 0) is 11.3 Å². The molecule has 4 heterocycles. The van der Waals surface area contributed by atoms with E-state index in [9.17, 15) is 22.4 Å². The molecule has 226 valence electrons. The standard InChI is InChI=1S/C30H28F4N4O4S/c1-40-28(39)16-10-22(31)26-24(11-16)43-29(36-26)38-18-8-9-19(38)13-17(12-18)35-14-21-25(37-42-27(21)15-6-7-15)20-4-2-3-5-23(20)41-30(32,33)34/h2-5,10-11,15,17-19,35H,6-9,12-14H2,1H3. The van der Waals surface area contributed by atoms with Crippen LogP contribution in [0.4, 0.5) is 22.7 Å². The number of esters is 1. The van der Waals surface area contributed by atoms with Gasteiger partial charge in [-0.2, -0.15) is 0 Å². The Hall–Kier alpha value is -3.71. The molecule has 0 amide bonds. The number of aromatic nitrogens is 2. The van der Waals surface area contributed by atoms with Crippen molar-refractivity contribution in [3.05, 3.63) is 59.1 Å². The molecule has 1 saturated carbocycles. The lowest BCUT2D eigenvalue weighted by Gasteiger charge is -2.39. The summed E-state index contributed by atoms with van der Waals surface area (Å²) in [7, 11) is 1.26. The quantitative estimate of drug-likeness (QED) is 0.168. The number of rotatable bonds is 8. The van der Waals surface area contributed by atoms with Gasteiger partial charge in [-0.05, 0) is 62.8 Å². The number of nitrogens with one attached hydrogen (secondary N) is 1. The molecule has 2 aliphatic heterocycles. The molecule has 3 aliphatic rings. The number of benzene rings is 2. The van der Waals surface area contributed by atoms with Crippen LogP contribution in [0.25, 0.3) is 21.5 Å². The fraction of sp³-hybridized carbons (Fsp3) is 0.433. The molecule has 2 aromatic heterocycles. The van der Waals surface area contributed by atoms with Crippen molar-refractivity contribution in [1.82, 2.24) is 15.5 Å². The van der Waals surface area contributed by atoms with Crippen LogP contribution in [0.3, 0.4) is 0 Å². The van der Waals surface area contributed by atoms with Gasteiger partial charge < -0.3 is 24.2 Å². The van der Waals surface area contributed by atoms with Crippen LogP contribution in [0.5, 0.6) is 5.75 Å². The van der Waals surface area contributed by atoms with E-state index >= 15 is 0 Å². The Bertz CT molecular complexity index is 1670. The largest absolute Gasteiger partial charge is 0.573 e. The Labute approximate surface area is 248 Å². The van der Waals surface area contributed by atoms with Crippen molar-refractivity contribution in [2.75, 3.05) is 12.0 Å². The number of carbonyl (C=O) groups excluding carboxylic acids is 1. The van der Waals surface area contributed by atoms with E-state index < -0.39 is 18.1 Å². The number of hydrogen-bond acceptors (Lipinski definition) is 9. The number of methoxy groups -OCH3 is 1. The van der Waals surface area contributed by atoms with Crippen molar-refractivity contribution in [1.29, 1.82) is 0 Å². The van der Waals surface area contributed by atoms with E-state index in [4.69, 9.17) is 9.26 Å². The van der Waals surface area contributed by atoms with E-state index in [0.717, 1.165) is 55.3 Å². The predicted molar refractivity (Wildman–Crippen MR) is 151 cm³/mol. The van der Waals surface area contributed by atoms with Gasteiger partial charge >= 0.3 is 12.3 Å². The molecule has 1 N–H and O–H groups in total. The number of anilines is 1. The number of halogens is 4. The molecular formula is C30H28F4N4O4S. The average molecular weight is 617 g/mol. The predicted octanol–water partition coefficient (Wildman–Crippen LogP) is 6.94. The summed E-state index contributed by atoms with van der Waals surface area (Å²) in [4.78, 5) is 18.9. The van der Waals surface area contributed by atoms with Crippen molar-refractivity contribution in [3.63, 3.8) is 0 Å². The van der Waals surface area contributed by atoms with E-state index in [2.05, 4.69) is 25.1 Å². The SMILES string of the molecule is COC(=O)c1cc(F)c2nc(N3C4CCC3CC(NCc3c(-c5ccccc5OC(F)(F)F)noc3C3CC3)C4)sc2c1. The van der Waals surface area contributed by atoms with Crippen LogP contribution >= 0.6 is 11.3 Å². The highest BCUT2D eigenvalue weighted by molar-refractivity contribution is 7.22. The first-order valence-corrected chi connectivity index (χ1v) is 15.0. The Morgan fingerprint density at radius 1 is 1.14 bits per heavy atom. The van der Waals surface area contributed by atoms with Crippen molar-refractivity contribution in [2.24, 2.45) is 0 Å². The summed E-state index contributed by atoms with van der Waals surface area (Å²) in [6, 6.07) is 9.32. The minimum absolute atomic E-state index is 0.153. The van der Waals surface area contributed by atoms with Gasteiger partial charge in [0.25, 0.3) is 0 Å². The molecule has 3 fully saturated rings. The highest BCUT2D eigenvalue weighted by Crippen LogP contribution is 2.46. The number of fused-ring (bicyclic) bond motifs is 3. The first-order valence-electron chi connectivity index (χ1n) is 14.2. The van der Waals surface area contributed by atoms with Gasteiger partial charge in [0.2, 0.25) is 0 Å². The molecule has 13 heteroatoms. The van der Waals surface area contributed by atoms with E-state index in [-0.39, 0.29) is 46.4 Å². The number of alkyl halides is 3. The third-order valence-corrected chi connectivity index (χ3v) is 9.53. The van der Waals surface area contributed by atoms with Crippen LogP contribution in [0.2, 0.25) is 0 Å². The van der Waals surface area contributed by atoms with Gasteiger partial charge in [0.15, 0.2) is 10.9 Å². The highest BCUT2D eigenvalue weighted by Gasteiger charge is 2.43. The topological polar surface area (TPSA) is 89.7 Å². The van der Waals surface area contributed by atoms with Crippen LogP contribution in [0, 0.1) is 5.82 Å². The smallest absolute Gasteiger partial charge is 0.465 e. The Balaban J connectivity index is 1.10. The van der Waals surface area contributed by atoms with Gasteiger partial charge in [-0.1, -0.05) is 28.6 Å². The number of nitrogens with zero attached hydrogens (tertiary/aromatic N) is 3. The summed E-state index contributed by atoms with van der Waals surface area (Å²) in [5.74, 6) is -0.537. The first-order chi connectivity index (χ1) is 20.7. The zero-order valence-corrected chi connectivity index (χ0v) is 23.9. The van der Waals surface area contributed by atoms with Gasteiger partial charge in [0.05, 0.1) is 17.4 Å². The molecule has 2 unspecified atom stereocenters. The van der Waals surface area contributed by atoms with Crippen molar-refractivity contribution >= 4 is 32.7 Å². The average Bonchev–Trinajstić information content (AvgIpc) is 3.48. The third kappa shape index (κ3) is 5.44. The van der Waals surface area contributed by atoms with Gasteiger partial charge in [-0.15, -0.1) is 13.2 Å². The Kier molecular flexibility index (Phi) is 7.04. The molecule has 2 atom stereocenters. The molecular weight excluding hydrogens is 588 g/mol. The molecule has 0 spiro atoms. The van der Waals surface area contributed by atoms with Crippen LogP contribution in [-0.4, -0.2) is 47.7 Å². The lowest BCUT2D eigenvalue weighted by Crippen LogP contribution is -2.49. The van der Waals surface area contributed by atoms with Gasteiger partial charge in [0.1, 0.15) is 22.7 Å². The molecule has 2 bridgehead atoms. The van der Waals surface area contributed by atoms with Gasteiger partial charge in [0, 0.05) is 41.7 Å². The molecule has 7 rings (SSSR count).